The first-order chi connectivity index (χ1) is 9.79. The Morgan fingerprint density at radius 2 is 2.30 bits per heavy atom. The van der Waals surface area contributed by atoms with E-state index in [1.807, 2.05) is 12.1 Å². The van der Waals surface area contributed by atoms with Crippen molar-refractivity contribution in [1.82, 2.24) is 4.90 Å². The van der Waals surface area contributed by atoms with Crippen LogP contribution in [0.2, 0.25) is 0 Å². The molecule has 3 heterocycles. The molecular weight excluding hydrogens is 268 g/mol. The van der Waals surface area contributed by atoms with E-state index in [9.17, 15) is 0 Å². The Balaban J connectivity index is 1.98. The van der Waals surface area contributed by atoms with Crippen molar-refractivity contribution in [1.29, 1.82) is 0 Å². The highest BCUT2D eigenvalue weighted by Gasteiger charge is 2.33. The van der Waals surface area contributed by atoms with Crippen LogP contribution in [0.4, 0.5) is 0 Å². The van der Waals surface area contributed by atoms with Gasteiger partial charge >= 0.3 is 0 Å². The average Bonchev–Trinajstić information content (AvgIpc) is 3.14. The first-order valence-electron chi connectivity index (χ1n) is 6.63. The fraction of sp³-hybridized carbons (Fsp3) is 0.188. The molecule has 100 valence electrons. The van der Waals surface area contributed by atoms with Crippen molar-refractivity contribution >= 4 is 33.6 Å². The molecule has 3 nitrogen and oxygen atoms in total. The molecule has 0 N–H and O–H groups in total. The minimum atomic E-state index is 0.864. The van der Waals surface area contributed by atoms with E-state index in [0.717, 1.165) is 34.3 Å². The highest BCUT2D eigenvalue weighted by molar-refractivity contribution is 8.17. The molecule has 20 heavy (non-hydrogen) atoms. The smallest absolute Gasteiger partial charge is 0.168 e. The van der Waals surface area contributed by atoms with Crippen molar-refractivity contribution in [2.75, 3.05) is 13.1 Å². The normalized spacial score (nSPS) is 17.9. The van der Waals surface area contributed by atoms with E-state index in [0.29, 0.717) is 0 Å². The summed E-state index contributed by atoms with van der Waals surface area (Å²) < 4.78 is 5.74. The van der Waals surface area contributed by atoms with Crippen LogP contribution < -0.4 is 0 Å². The topological polar surface area (TPSA) is 28.7 Å². The average molecular weight is 282 g/mol. The molecule has 0 radical (unpaired) electrons. The molecule has 0 amide bonds. The van der Waals surface area contributed by atoms with Crippen molar-refractivity contribution in [3.05, 3.63) is 53.1 Å². The predicted molar refractivity (Wildman–Crippen MR) is 84.7 cm³/mol. The van der Waals surface area contributed by atoms with E-state index in [1.54, 1.807) is 18.0 Å². The van der Waals surface area contributed by atoms with Gasteiger partial charge in [0.05, 0.1) is 18.5 Å². The van der Waals surface area contributed by atoms with Crippen LogP contribution in [0, 0.1) is 6.92 Å². The summed E-state index contributed by atoms with van der Waals surface area (Å²) in [5.41, 5.74) is 4.50. The maximum atomic E-state index is 5.74. The van der Waals surface area contributed by atoms with E-state index in [2.05, 4.69) is 35.5 Å². The molecule has 0 spiro atoms. The molecule has 0 unspecified atom stereocenters. The molecule has 2 aromatic rings. The van der Waals surface area contributed by atoms with Crippen LogP contribution in [0.5, 0.6) is 0 Å². The Hall–Kier alpha value is -1.94. The first kappa shape index (κ1) is 11.9. The van der Waals surface area contributed by atoms with Crippen LogP contribution in [0.3, 0.4) is 0 Å². The molecule has 2 aliphatic heterocycles. The number of thioether (sulfide) groups is 1. The Morgan fingerprint density at radius 3 is 3.15 bits per heavy atom. The highest BCUT2D eigenvalue weighted by atomic mass is 32.2. The van der Waals surface area contributed by atoms with Crippen LogP contribution in [-0.2, 0) is 0 Å². The molecule has 1 aromatic heterocycles. The SMILES string of the molecule is C=CC1=C(c2ccc(C)c3ccoc23)N2CCN=C2S1. The molecule has 0 bridgehead atoms. The quantitative estimate of drug-likeness (QED) is 0.833. The molecule has 0 atom stereocenters. The fourth-order valence-electron chi connectivity index (χ4n) is 2.81. The standard InChI is InChI=1S/C16H14N2OS/c1-3-13-14(18-8-7-17-16(18)20-13)12-5-4-10(2)11-6-9-19-15(11)12/h3-6,9H,1,7-8H2,2H3. The number of furan rings is 1. The summed E-state index contributed by atoms with van der Waals surface area (Å²) in [4.78, 5) is 7.97. The van der Waals surface area contributed by atoms with Gasteiger partial charge in [0.25, 0.3) is 0 Å². The first-order valence-corrected chi connectivity index (χ1v) is 7.45. The van der Waals surface area contributed by atoms with Crippen LogP contribution in [0.1, 0.15) is 11.1 Å². The lowest BCUT2D eigenvalue weighted by Gasteiger charge is -2.17. The zero-order chi connectivity index (χ0) is 13.7. The maximum absolute atomic E-state index is 5.74. The number of nitrogens with zero attached hydrogens (tertiary/aromatic N) is 2. The second-order valence-corrected chi connectivity index (χ2v) is 5.94. The molecule has 0 aliphatic carbocycles. The maximum Gasteiger partial charge on any atom is 0.168 e. The number of hydrogen-bond acceptors (Lipinski definition) is 4. The zero-order valence-corrected chi connectivity index (χ0v) is 12.0. The molecule has 2 aliphatic rings. The Kier molecular flexibility index (Phi) is 2.54. The number of benzene rings is 1. The van der Waals surface area contributed by atoms with Crippen molar-refractivity contribution in [2.45, 2.75) is 6.92 Å². The summed E-state index contributed by atoms with van der Waals surface area (Å²) in [6.45, 7) is 7.85. The minimum Gasteiger partial charge on any atom is -0.464 e. The van der Waals surface area contributed by atoms with E-state index in [1.165, 1.54) is 16.6 Å². The summed E-state index contributed by atoms with van der Waals surface area (Å²) in [7, 11) is 0. The summed E-state index contributed by atoms with van der Waals surface area (Å²) in [5, 5.41) is 2.25. The second-order valence-electron chi connectivity index (χ2n) is 4.93. The van der Waals surface area contributed by atoms with Gasteiger partial charge in [0, 0.05) is 22.4 Å². The number of aliphatic imine (C=N–C) groups is 1. The van der Waals surface area contributed by atoms with Gasteiger partial charge in [0.2, 0.25) is 0 Å². The van der Waals surface area contributed by atoms with E-state index >= 15 is 0 Å². The van der Waals surface area contributed by atoms with Gasteiger partial charge in [-0.05, 0) is 36.4 Å². The third-order valence-corrected chi connectivity index (χ3v) is 4.89. The van der Waals surface area contributed by atoms with Crippen LogP contribution in [0.25, 0.3) is 16.7 Å². The van der Waals surface area contributed by atoms with Crippen molar-refractivity contribution < 1.29 is 4.42 Å². The van der Waals surface area contributed by atoms with Crippen molar-refractivity contribution in [3.63, 3.8) is 0 Å². The fourth-order valence-corrected chi connectivity index (χ4v) is 3.85. The van der Waals surface area contributed by atoms with Gasteiger partial charge in [0.15, 0.2) is 5.17 Å². The van der Waals surface area contributed by atoms with Crippen LogP contribution in [-0.4, -0.2) is 23.2 Å². The zero-order valence-electron chi connectivity index (χ0n) is 11.2. The van der Waals surface area contributed by atoms with Gasteiger partial charge < -0.3 is 9.32 Å². The van der Waals surface area contributed by atoms with Gasteiger partial charge in [-0.3, -0.25) is 4.99 Å². The molecule has 1 aromatic carbocycles. The Bertz CT molecular complexity index is 785. The second kappa shape index (κ2) is 4.28. The number of allylic oxidation sites excluding steroid dienone is 1. The molecule has 0 saturated heterocycles. The Labute approximate surface area is 121 Å². The molecular formula is C16H14N2OS. The molecule has 4 rings (SSSR count). The third kappa shape index (κ3) is 1.51. The third-order valence-electron chi connectivity index (χ3n) is 3.78. The van der Waals surface area contributed by atoms with E-state index in [4.69, 9.17) is 4.42 Å². The highest BCUT2D eigenvalue weighted by Crippen LogP contribution is 2.44. The predicted octanol–water partition coefficient (Wildman–Crippen LogP) is 4.01. The monoisotopic (exact) mass is 282 g/mol. The number of rotatable bonds is 2. The van der Waals surface area contributed by atoms with Gasteiger partial charge in [0.1, 0.15) is 5.58 Å². The van der Waals surface area contributed by atoms with Gasteiger partial charge in [-0.2, -0.15) is 0 Å². The molecule has 0 saturated carbocycles. The van der Waals surface area contributed by atoms with Crippen LogP contribution in [0.15, 0.2) is 51.4 Å². The number of aryl methyl sites for hydroxylation is 1. The van der Waals surface area contributed by atoms with E-state index < -0.39 is 0 Å². The van der Waals surface area contributed by atoms with Gasteiger partial charge in [-0.15, -0.1) is 0 Å². The molecule has 0 fully saturated rings. The Morgan fingerprint density at radius 1 is 1.40 bits per heavy atom. The largest absolute Gasteiger partial charge is 0.464 e. The summed E-state index contributed by atoms with van der Waals surface area (Å²) >= 11 is 1.70. The van der Waals surface area contributed by atoms with Gasteiger partial charge in [-0.1, -0.05) is 18.7 Å². The minimum absolute atomic E-state index is 0.864. The van der Waals surface area contributed by atoms with Crippen LogP contribution >= 0.6 is 11.8 Å². The van der Waals surface area contributed by atoms with Gasteiger partial charge in [-0.25, -0.2) is 0 Å². The number of fused-ring (bicyclic) bond motifs is 2. The lowest BCUT2D eigenvalue weighted by Crippen LogP contribution is -2.20. The summed E-state index contributed by atoms with van der Waals surface area (Å²) in [6, 6.07) is 6.32. The number of hydrogen-bond donors (Lipinski definition) is 0. The molecule has 4 heteroatoms. The van der Waals surface area contributed by atoms with Crippen molar-refractivity contribution in [2.24, 2.45) is 4.99 Å². The number of amidine groups is 1. The lowest BCUT2D eigenvalue weighted by atomic mass is 10.0. The van der Waals surface area contributed by atoms with Crippen molar-refractivity contribution in [3.8, 4) is 0 Å². The summed E-state index contributed by atoms with van der Waals surface area (Å²) in [6.07, 6.45) is 3.67. The van der Waals surface area contributed by atoms with E-state index in [-0.39, 0.29) is 0 Å². The lowest BCUT2D eigenvalue weighted by molar-refractivity contribution is 0.608. The summed E-state index contributed by atoms with van der Waals surface area (Å²) in [5.74, 6) is 0.